The minimum atomic E-state index is -1.21. The molecule has 0 aromatic carbocycles. The normalized spacial score (nSPS) is 12.0. The predicted molar refractivity (Wildman–Crippen MR) is 115 cm³/mol. The second kappa shape index (κ2) is 13.9. The Morgan fingerprint density at radius 1 is 0.762 bits per heavy atom. The van der Waals surface area contributed by atoms with Crippen molar-refractivity contribution in [1.82, 2.24) is 0 Å². The second-order valence-corrected chi connectivity index (χ2v) is 26.1. The van der Waals surface area contributed by atoms with Crippen molar-refractivity contribution in [2.45, 2.75) is 64.6 Å². The molecule has 21 heavy (non-hydrogen) atoms. The molecular formula is C14H38Br2O2Si3. The topological polar surface area (TPSA) is 29.5 Å². The van der Waals surface area contributed by atoms with Crippen molar-refractivity contribution in [3.63, 3.8) is 0 Å². The van der Waals surface area contributed by atoms with E-state index in [9.17, 15) is 0 Å². The van der Waals surface area contributed by atoms with Gasteiger partial charge in [-0.05, 0) is 19.6 Å². The van der Waals surface area contributed by atoms with Gasteiger partial charge >= 0.3 is 0 Å². The van der Waals surface area contributed by atoms with E-state index in [2.05, 4.69) is 90.8 Å². The van der Waals surface area contributed by atoms with E-state index in [0.717, 1.165) is 11.9 Å². The van der Waals surface area contributed by atoms with Gasteiger partial charge in [-0.2, -0.15) is 0 Å². The summed E-state index contributed by atoms with van der Waals surface area (Å²) in [5.74, 6) is 0. The summed E-state index contributed by atoms with van der Waals surface area (Å²) in [5.41, 5.74) is 1.57. The fourth-order valence-electron chi connectivity index (χ4n) is 1.94. The number of alkyl halides is 2. The maximum Gasteiger partial charge on any atom is 0.183 e. The fourth-order valence-corrected chi connectivity index (χ4v) is 15.8. The average Bonchev–Trinajstić information content (AvgIpc) is 2.21. The third-order valence-corrected chi connectivity index (χ3v) is 12.0. The number of halogens is 2. The van der Waals surface area contributed by atoms with Crippen molar-refractivity contribution in [2.75, 3.05) is 23.9 Å². The van der Waals surface area contributed by atoms with Crippen molar-refractivity contribution < 1.29 is 9.53 Å². The van der Waals surface area contributed by atoms with Gasteiger partial charge in [0.2, 0.25) is 0 Å². The molecule has 0 saturated heterocycles. The van der Waals surface area contributed by atoms with Crippen LogP contribution in [-0.2, 0) is 4.43 Å². The molecule has 0 radical (unpaired) electrons. The summed E-state index contributed by atoms with van der Waals surface area (Å²) in [5, 5.41) is 9.47. The molecule has 0 aromatic rings. The van der Waals surface area contributed by atoms with E-state index in [0.29, 0.717) is 5.33 Å². The first-order valence-corrected chi connectivity index (χ1v) is 20.6. The van der Waals surface area contributed by atoms with Gasteiger partial charge in [0, 0.05) is 33.4 Å². The molecule has 0 aliphatic carbocycles. The highest BCUT2D eigenvalue weighted by Crippen LogP contribution is 2.18. The van der Waals surface area contributed by atoms with E-state index in [1.54, 1.807) is 5.67 Å². The zero-order chi connectivity index (χ0) is 17.7. The van der Waals surface area contributed by atoms with Gasteiger partial charge in [-0.1, -0.05) is 76.8 Å². The molecule has 1 N–H and O–H groups in total. The third-order valence-electron chi connectivity index (χ3n) is 1.76. The minimum Gasteiger partial charge on any atom is -0.417 e. The number of aliphatic hydroxyl groups is 1. The number of hydrogen-bond acceptors (Lipinski definition) is 2. The summed E-state index contributed by atoms with van der Waals surface area (Å²) >= 11 is 6.30. The standard InChI is InChI=1S/C7H20Si2.C5H13BrOSi.C2H5BrO/c1-8(2,3)7-9(4,5)6;1-8(2,3)7-5-4-6;3-1-2-4/h7H2,1-6H3;4-5H2,1-3H3;4H,1-2H2. The Kier molecular flexibility index (Phi) is 18.2. The van der Waals surface area contributed by atoms with Crippen LogP contribution >= 0.6 is 31.9 Å². The SMILES string of the molecule is C[Si](C)(C)C[Si](C)(C)C.C[Si](C)(C)OCCBr.OCCBr. The van der Waals surface area contributed by atoms with Gasteiger partial charge in [0.25, 0.3) is 0 Å². The van der Waals surface area contributed by atoms with Crippen LogP contribution in [0.2, 0.25) is 64.6 Å². The van der Waals surface area contributed by atoms with Crippen molar-refractivity contribution in [3.05, 3.63) is 0 Å². The lowest BCUT2D eigenvalue weighted by atomic mass is 10.9. The molecule has 0 rings (SSSR count). The molecule has 0 unspecified atom stereocenters. The highest BCUT2D eigenvalue weighted by atomic mass is 79.9. The third kappa shape index (κ3) is 44.9. The van der Waals surface area contributed by atoms with Gasteiger partial charge in [0.05, 0.1) is 6.61 Å². The molecular weight excluding hydrogens is 444 g/mol. The predicted octanol–water partition coefficient (Wildman–Crippen LogP) is 5.81. The molecule has 0 heterocycles. The number of hydrogen-bond donors (Lipinski definition) is 1. The van der Waals surface area contributed by atoms with Crippen LogP contribution in [0.1, 0.15) is 0 Å². The van der Waals surface area contributed by atoms with Crippen LogP contribution in [0.3, 0.4) is 0 Å². The summed E-state index contributed by atoms with van der Waals surface area (Å²) in [4.78, 5) is 0. The zero-order valence-electron chi connectivity index (χ0n) is 15.6. The van der Waals surface area contributed by atoms with E-state index >= 15 is 0 Å². The molecule has 2 nitrogen and oxygen atoms in total. The largest absolute Gasteiger partial charge is 0.417 e. The van der Waals surface area contributed by atoms with Crippen molar-refractivity contribution in [1.29, 1.82) is 0 Å². The van der Waals surface area contributed by atoms with Gasteiger partial charge in [0.15, 0.2) is 8.32 Å². The lowest BCUT2D eigenvalue weighted by Gasteiger charge is -2.25. The van der Waals surface area contributed by atoms with Crippen LogP contribution in [0, 0.1) is 0 Å². The maximum atomic E-state index is 7.83. The first-order valence-electron chi connectivity index (χ1n) is 7.55. The maximum absolute atomic E-state index is 7.83. The molecule has 0 aromatic heterocycles. The molecule has 0 atom stereocenters. The second-order valence-electron chi connectivity index (χ2n) is 8.36. The quantitative estimate of drug-likeness (QED) is 0.383. The number of rotatable bonds is 6. The van der Waals surface area contributed by atoms with E-state index in [1.165, 1.54) is 0 Å². The monoisotopic (exact) mass is 480 g/mol. The molecule has 0 aliphatic heterocycles. The van der Waals surface area contributed by atoms with Gasteiger partial charge in [-0.3, -0.25) is 0 Å². The first kappa shape index (κ1) is 27.4. The first-order chi connectivity index (χ1) is 9.18. The van der Waals surface area contributed by atoms with Crippen LogP contribution in [0.25, 0.3) is 0 Å². The summed E-state index contributed by atoms with van der Waals surface area (Å²) in [6.07, 6.45) is 0. The van der Waals surface area contributed by atoms with Crippen LogP contribution in [-0.4, -0.2) is 53.4 Å². The fraction of sp³-hybridized carbons (Fsp3) is 1.00. The van der Waals surface area contributed by atoms with Crippen LogP contribution in [0.15, 0.2) is 0 Å². The molecule has 0 saturated carbocycles. The van der Waals surface area contributed by atoms with Crippen molar-refractivity contribution in [2.24, 2.45) is 0 Å². The van der Waals surface area contributed by atoms with Gasteiger partial charge in [-0.15, -0.1) is 0 Å². The Bertz CT molecular complexity index is 208. The number of aliphatic hydroxyl groups excluding tert-OH is 1. The van der Waals surface area contributed by atoms with Crippen LogP contribution in [0.4, 0.5) is 0 Å². The highest BCUT2D eigenvalue weighted by Gasteiger charge is 2.23. The van der Waals surface area contributed by atoms with Gasteiger partial charge < -0.3 is 9.53 Å². The van der Waals surface area contributed by atoms with E-state index in [1.807, 2.05) is 0 Å². The molecule has 0 aliphatic rings. The lowest BCUT2D eigenvalue weighted by molar-refractivity contribution is 0.323. The van der Waals surface area contributed by atoms with Crippen molar-refractivity contribution in [3.8, 4) is 0 Å². The molecule has 7 heteroatoms. The summed E-state index contributed by atoms with van der Waals surface area (Å²) < 4.78 is 5.47. The Morgan fingerprint density at radius 3 is 1.14 bits per heavy atom. The van der Waals surface area contributed by atoms with E-state index < -0.39 is 24.5 Å². The van der Waals surface area contributed by atoms with Gasteiger partial charge in [0.1, 0.15) is 0 Å². The molecule has 0 bridgehead atoms. The van der Waals surface area contributed by atoms with E-state index in [4.69, 9.17) is 9.53 Å². The Hall–Kier alpha value is 1.53. The Balaban J connectivity index is -0.000000249. The zero-order valence-corrected chi connectivity index (χ0v) is 21.8. The lowest BCUT2D eigenvalue weighted by Crippen LogP contribution is -2.34. The van der Waals surface area contributed by atoms with Crippen LogP contribution < -0.4 is 0 Å². The molecule has 0 spiro atoms. The smallest absolute Gasteiger partial charge is 0.183 e. The Labute approximate surface area is 153 Å². The molecule has 132 valence electrons. The average molecular weight is 483 g/mol. The highest BCUT2D eigenvalue weighted by molar-refractivity contribution is 9.09. The summed E-state index contributed by atoms with van der Waals surface area (Å²) in [7, 11) is -2.67. The van der Waals surface area contributed by atoms with Crippen LogP contribution in [0.5, 0.6) is 0 Å². The van der Waals surface area contributed by atoms with Gasteiger partial charge in [-0.25, -0.2) is 0 Å². The summed E-state index contributed by atoms with van der Waals surface area (Å²) in [6, 6.07) is 0. The van der Waals surface area contributed by atoms with E-state index in [-0.39, 0.29) is 6.61 Å². The molecule has 0 fully saturated rings. The minimum absolute atomic E-state index is 0.236. The summed E-state index contributed by atoms with van der Waals surface area (Å²) in [6.45, 7) is 22.4. The molecule has 0 amide bonds. The Morgan fingerprint density at radius 2 is 1.10 bits per heavy atom. The van der Waals surface area contributed by atoms with Crippen molar-refractivity contribution >= 4 is 56.3 Å².